The van der Waals surface area contributed by atoms with Crippen molar-refractivity contribution in [2.45, 2.75) is 31.6 Å². The maximum absolute atomic E-state index is 12.6. The summed E-state index contributed by atoms with van der Waals surface area (Å²) in [7, 11) is 0. The van der Waals surface area contributed by atoms with Gasteiger partial charge in [0.05, 0.1) is 11.2 Å². The molecule has 4 aliphatic rings. The molecule has 3 aliphatic heterocycles. The molecule has 1 N–H and O–H groups in total. The Morgan fingerprint density at radius 1 is 1.23 bits per heavy atom. The van der Waals surface area contributed by atoms with E-state index >= 15 is 0 Å². The van der Waals surface area contributed by atoms with Crippen LogP contribution in [0.4, 0.5) is 0 Å². The van der Waals surface area contributed by atoms with Gasteiger partial charge in [0.15, 0.2) is 0 Å². The standard InChI is InChI=1S/C17H20N4O/c22-17-15-11(12-9-21-7-4-10(12)5-8-21)1-2-13-16(15)14(20-19-13)3-6-18-17/h3,6,10-12,20H,1-2,4-5,7-9H2/t11-,12?/m0/s1. The average Bonchev–Trinajstić information content (AvgIpc) is 2.90. The van der Waals surface area contributed by atoms with Crippen molar-refractivity contribution in [2.75, 3.05) is 19.6 Å². The average molecular weight is 296 g/mol. The van der Waals surface area contributed by atoms with Crippen molar-refractivity contribution in [1.82, 2.24) is 20.1 Å². The first-order valence-corrected chi connectivity index (χ1v) is 8.40. The monoisotopic (exact) mass is 296 g/mol. The molecule has 6 rings (SSSR count). The van der Waals surface area contributed by atoms with Crippen LogP contribution in [0.15, 0.2) is 17.1 Å². The highest BCUT2D eigenvalue weighted by atomic mass is 16.1. The lowest BCUT2D eigenvalue weighted by molar-refractivity contribution is 0.0345. The zero-order valence-electron chi connectivity index (χ0n) is 12.6. The van der Waals surface area contributed by atoms with Gasteiger partial charge in [-0.2, -0.15) is 5.10 Å². The van der Waals surface area contributed by atoms with E-state index in [4.69, 9.17) is 0 Å². The smallest absolute Gasteiger partial charge is 0.273 e. The van der Waals surface area contributed by atoms with Crippen LogP contribution in [-0.2, 0) is 6.42 Å². The summed E-state index contributed by atoms with van der Waals surface area (Å²) < 4.78 is 0. The third-order valence-electron chi connectivity index (χ3n) is 6.09. The number of rotatable bonds is 1. The van der Waals surface area contributed by atoms with Crippen LogP contribution in [0.2, 0.25) is 0 Å². The van der Waals surface area contributed by atoms with Crippen molar-refractivity contribution in [3.8, 4) is 0 Å². The van der Waals surface area contributed by atoms with Gasteiger partial charge in [-0.25, -0.2) is 4.98 Å². The summed E-state index contributed by atoms with van der Waals surface area (Å²) in [6, 6.07) is 1.88. The van der Waals surface area contributed by atoms with Crippen LogP contribution in [0.1, 0.15) is 36.4 Å². The molecule has 0 aromatic carbocycles. The Morgan fingerprint density at radius 2 is 2.09 bits per heavy atom. The molecule has 2 bridgehead atoms. The molecule has 1 aliphatic carbocycles. The van der Waals surface area contributed by atoms with Gasteiger partial charge in [-0.05, 0) is 62.6 Å². The molecule has 22 heavy (non-hydrogen) atoms. The molecule has 5 heterocycles. The first-order chi connectivity index (χ1) is 10.8. The van der Waals surface area contributed by atoms with E-state index in [0.29, 0.717) is 11.8 Å². The maximum atomic E-state index is 12.6. The largest absolute Gasteiger partial charge is 0.303 e. The van der Waals surface area contributed by atoms with Crippen molar-refractivity contribution in [3.05, 3.63) is 33.9 Å². The number of H-pyrrole nitrogens is 1. The van der Waals surface area contributed by atoms with Crippen LogP contribution in [0.3, 0.4) is 0 Å². The summed E-state index contributed by atoms with van der Waals surface area (Å²) in [6.45, 7) is 3.64. The molecule has 5 nitrogen and oxygen atoms in total. The molecule has 0 amide bonds. The number of hydrogen-bond acceptors (Lipinski definition) is 4. The van der Waals surface area contributed by atoms with Crippen LogP contribution < -0.4 is 5.56 Å². The second kappa shape index (κ2) is 4.62. The van der Waals surface area contributed by atoms with Gasteiger partial charge in [0.25, 0.3) is 5.56 Å². The van der Waals surface area contributed by atoms with Gasteiger partial charge in [0.2, 0.25) is 0 Å². The predicted octanol–water partition coefficient (Wildman–Crippen LogP) is 1.69. The molecule has 2 aromatic rings. The Hall–Kier alpha value is -1.75. The SMILES string of the molecule is O=c1nccc2[nH]nc3c2c1[C@H](C1CN2CCC1CC2)CC3. The lowest BCUT2D eigenvalue weighted by atomic mass is 9.67. The molecule has 2 aromatic heterocycles. The molecule has 114 valence electrons. The fraction of sp³-hybridized carbons (Fsp3) is 0.588. The number of aromatic nitrogens is 3. The normalized spacial score (nSPS) is 33.3. The minimum absolute atomic E-state index is 0.0428. The molecular formula is C17H20N4O. The summed E-state index contributed by atoms with van der Waals surface area (Å²) >= 11 is 0. The second-order valence-corrected chi connectivity index (χ2v) is 7.07. The van der Waals surface area contributed by atoms with E-state index in [1.165, 1.54) is 25.9 Å². The van der Waals surface area contributed by atoms with Gasteiger partial charge in [-0.3, -0.25) is 9.89 Å². The summed E-state index contributed by atoms with van der Waals surface area (Å²) in [6.07, 6.45) is 6.23. The van der Waals surface area contributed by atoms with Crippen molar-refractivity contribution in [3.63, 3.8) is 0 Å². The van der Waals surface area contributed by atoms with Crippen molar-refractivity contribution >= 4 is 10.9 Å². The molecule has 3 fully saturated rings. The molecule has 5 heteroatoms. The number of aryl methyl sites for hydroxylation is 1. The van der Waals surface area contributed by atoms with Gasteiger partial charge in [-0.1, -0.05) is 0 Å². The molecule has 1 unspecified atom stereocenters. The van der Waals surface area contributed by atoms with E-state index in [-0.39, 0.29) is 5.56 Å². The van der Waals surface area contributed by atoms with Gasteiger partial charge < -0.3 is 4.90 Å². The highest BCUT2D eigenvalue weighted by molar-refractivity contribution is 5.85. The zero-order valence-corrected chi connectivity index (χ0v) is 12.6. The minimum Gasteiger partial charge on any atom is -0.303 e. The molecule has 3 saturated heterocycles. The van der Waals surface area contributed by atoms with E-state index in [0.717, 1.165) is 47.5 Å². The summed E-state index contributed by atoms with van der Waals surface area (Å²) in [4.78, 5) is 19.3. The lowest BCUT2D eigenvalue weighted by Gasteiger charge is -2.48. The molecule has 2 atom stereocenters. The number of nitrogens with zero attached hydrogens (tertiary/aromatic N) is 3. The van der Waals surface area contributed by atoms with Crippen molar-refractivity contribution in [1.29, 1.82) is 0 Å². The highest BCUT2D eigenvalue weighted by Gasteiger charge is 2.41. The lowest BCUT2D eigenvalue weighted by Crippen LogP contribution is -2.50. The molecule has 0 saturated carbocycles. The van der Waals surface area contributed by atoms with Crippen LogP contribution in [-0.4, -0.2) is 39.7 Å². The zero-order chi connectivity index (χ0) is 14.7. The minimum atomic E-state index is -0.0428. The molecule has 0 spiro atoms. The topological polar surface area (TPSA) is 61.9 Å². The number of fused-ring (bicyclic) bond motifs is 3. The van der Waals surface area contributed by atoms with E-state index in [2.05, 4.69) is 20.1 Å². The van der Waals surface area contributed by atoms with E-state index in [1.807, 2.05) is 6.07 Å². The Morgan fingerprint density at radius 3 is 2.86 bits per heavy atom. The summed E-state index contributed by atoms with van der Waals surface area (Å²) in [5, 5.41) is 8.57. The third-order valence-corrected chi connectivity index (χ3v) is 6.09. The van der Waals surface area contributed by atoms with Crippen molar-refractivity contribution in [2.24, 2.45) is 11.8 Å². The Labute approximate surface area is 128 Å². The van der Waals surface area contributed by atoms with Crippen LogP contribution in [0, 0.1) is 11.8 Å². The van der Waals surface area contributed by atoms with Gasteiger partial charge in [0.1, 0.15) is 0 Å². The fourth-order valence-corrected chi connectivity index (χ4v) is 5.03. The van der Waals surface area contributed by atoms with E-state index in [1.54, 1.807) is 6.20 Å². The molecule has 0 radical (unpaired) electrons. The highest BCUT2D eigenvalue weighted by Crippen LogP contribution is 2.45. The van der Waals surface area contributed by atoms with E-state index in [9.17, 15) is 4.79 Å². The van der Waals surface area contributed by atoms with E-state index < -0.39 is 0 Å². The second-order valence-electron chi connectivity index (χ2n) is 7.07. The summed E-state index contributed by atoms with van der Waals surface area (Å²) in [5.74, 6) is 1.75. The van der Waals surface area contributed by atoms with Crippen LogP contribution in [0.25, 0.3) is 10.9 Å². The first kappa shape index (κ1) is 12.8. The Bertz CT molecular complexity index is 791. The Balaban J connectivity index is 1.70. The van der Waals surface area contributed by atoms with Crippen LogP contribution >= 0.6 is 0 Å². The summed E-state index contributed by atoms with van der Waals surface area (Å²) in [5.41, 5.74) is 2.91. The maximum Gasteiger partial charge on any atom is 0.273 e. The first-order valence-electron chi connectivity index (χ1n) is 8.40. The van der Waals surface area contributed by atoms with Crippen molar-refractivity contribution < 1.29 is 0 Å². The number of hydrogen-bond donors (Lipinski definition) is 1. The van der Waals surface area contributed by atoms with Gasteiger partial charge in [0, 0.05) is 23.7 Å². The van der Waals surface area contributed by atoms with Gasteiger partial charge >= 0.3 is 0 Å². The Kier molecular flexibility index (Phi) is 2.68. The number of piperidine rings is 3. The van der Waals surface area contributed by atoms with Gasteiger partial charge in [-0.15, -0.1) is 0 Å². The quantitative estimate of drug-likeness (QED) is 0.870. The molecular weight excluding hydrogens is 276 g/mol. The fourth-order valence-electron chi connectivity index (χ4n) is 5.03. The number of aromatic amines is 1. The number of nitrogens with one attached hydrogen (secondary N) is 1. The predicted molar refractivity (Wildman–Crippen MR) is 83.9 cm³/mol. The van der Waals surface area contributed by atoms with Crippen LogP contribution in [0.5, 0.6) is 0 Å². The third kappa shape index (κ3) is 1.72.